The minimum absolute atomic E-state index is 0.506. The van der Waals surface area contributed by atoms with Crippen LogP contribution in [0.1, 0.15) is 46.3 Å². The largest absolute Gasteiger partial charge is 0.333 e. The second-order valence-electron chi connectivity index (χ2n) is 9.99. The van der Waals surface area contributed by atoms with Gasteiger partial charge >= 0.3 is 0 Å². The van der Waals surface area contributed by atoms with E-state index >= 15 is 0 Å². The van der Waals surface area contributed by atoms with Crippen molar-refractivity contribution in [3.8, 4) is 0 Å². The predicted octanol–water partition coefficient (Wildman–Crippen LogP) is 8.68. The Balaban J connectivity index is 0.000000282. The fraction of sp³-hybridized carbons (Fsp3) is 0.297. The monoisotopic (exact) mass is 537 g/mol. The Bertz CT molecular complexity index is 1280. The molecule has 5 aromatic carbocycles. The number of hydrogen-bond acceptors (Lipinski definition) is 3. The van der Waals surface area contributed by atoms with Crippen LogP contribution in [0.15, 0.2) is 97.1 Å². The van der Waals surface area contributed by atoms with E-state index in [1.165, 1.54) is 69.0 Å². The van der Waals surface area contributed by atoms with Gasteiger partial charge in [0.05, 0.1) is 0 Å². The zero-order chi connectivity index (χ0) is 30.2. The van der Waals surface area contributed by atoms with Gasteiger partial charge in [0, 0.05) is 6.04 Å². The third-order valence-corrected chi connectivity index (χ3v) is 7.06. The molecule has 0 heterocycles. The summed E-state index contributed by atoms with van der Waals surface area (Å²) in [4.78, 5) is 2.22. The normalized spacial score (nSPS) is 10.6. The van der Waals surface area contributed by atoms with Gasteiger partial charge in [-0.2, -0.15) is 0 Å². The standard InChI is InChI=1S/2C12H12.C11H17N.2CH5N/c2*1-9-5-3-7-11-8-4-6-10(2)12(9)11;1-9-7-5-6-8-11(9)10(2)12(3)4;2*1-2/h2*3-8H,1-2H3;5-8,10H,1-4H3;2*2H2,1H3/t;;10-;;/m..1../s1. The second-order valence-corrected chi connectivity index (χ2v) is 9.99. The molecule has 4 N–H and O–H groups in total. The van der Waals surface area contributed by atoms with E-state index in [4.69, 9.17) is 0 Å². The lowest BCUT2D eigenvalue weighted by Gasteiger charge is -2.21. The van der Waals surface area contributed by atoms with E-state index in [0.717, 1.165) is 0 Å². The number of fused-ring (bicyclic) bond motifs is 2. The minimum Gasteiger partial charge on any atom is -0.333 e. The zero-order valence-corrected chi connectivity index (χ0v) is 26.4. The molecule has 0 aromatic heterocycles. The van der Waals surface area contributed by atoms with Crippen molar-refractivity contribution >= 4 is 21.5 Å². The quantitative estimate of drug-likeness (QED) is 0.237. The Morgan fingerprint density at radius 3 is 1.02 bits per heavy atom. The van der Waals surface area contributed by atoms with Crippen molar-refractivity contribution in [1.82, 2.24) is 4.90 Å². The average molecular weight is 538 g/mol. The summed E-state index contributed by atoms with van der Waals surface area (Å²) in [6.07, 6.45) is 0. The first-order valence-electron chi connectivity index (χ1n) is 14.0. The minimum atomic E-state index is 0.506. The Morgan fingerprint density at radius 2 is 0.750 bits per heavy atom. The molecule has 0 aliphatic carbocycles. The molecule has 3 heteroatoms. The Kier molecular flexibility index (Phi) is 15.5. The fourth-order valence-corrected chi connectivity index (χ4v) is 4.83. The van der Waals surface area contributed by atoms with Crippen molar-refractivity contribution < 1.29 is 0 Å². The molecular weight excluding hydrogens is 486 g/mol. The summed E-state index contributed by atoms with van der Waals surface area (Å²) in [6, 6.07) is 34.8. The van der Waals surface area contributed by atoms with E-state index in [2.05, 4.69) is 169 Å². The molecule has 214 valence electrons. The van der Waals surface area contributed by atoms with E-state index in [9.17, 15) is 0 Å². The van der Waals surface area contributed by atoms with Gasteiger partial charge in [0.25, 0.3) is 0 Å². The molecule has 40 heavy (non-hydrogen) atoms. The highest BCUT2D eigenvalue weighted by Crippen LogP contribution is 2.22. The molecule has 5 rings (SSSR count). The fourth-order valence-electron chi connectivity index (χ4n) is 4.83. The van der Waals surface area contributed by atoms with Crippen LogP contribution in [0.3, 0.4) is 0 Å². The summed E-state index contributed by atoms with van der Waals surface area (Å²) in [5.74, 6) is 0. The summed E-state index contributed by atoms with van der Waals surface area (Å²) in [6.45, 7) is 13.0. The molecule has 0 aliphatic heterocycles. The number of nitrogens with zero attached hydrogens (tertiary/aromatic N) is 1. The first kappa shape index (κ1) is 34.5. The van der Waals surface area contributed by atoms with E-state index in [1.54, 1.807) is 0 Å². The topological polar surface area (TPSA) is 55.3 Å². The maximum absolute atomic E-state index is 4.50. The van der Waals surface area contributed by atoms with Crippen LogP contribution in [0.4, 0.5) is 0 Å². The van der Waals surface area contributed by atoms with Crippen LogP contribution in [0.25, 0.3) is 21.5 Å². The van der Waals surface area contributed by atoms with E-state index in [0.29, 0.717) is 6.04 Å². The third kappa shape index (κ3) is 9.60. The van der Waals surface area contributed by atoms with Crippen LogP contribution >= 0.6 is 0 Å². The predicted molar refractivity (Wildman–Crippen MR) is 180 cm³/mol. The summed E-state index contributed by atoms with van der Waals surface area (Å²) in [5, 5.41) is 5.49. The molecule has 1 atom stereocenters. The number of nitrogens with two attached hydrogens (primary N) is 2. The number of aryl methyl sites for hydroxylation is 5. The molecule has 0 saturated heterocycles. The molecule has 0 bridgehead atoms. The van der Waals surface area contributed by atoms with Crippen LogP contribution in [-0.2, 0) is 0 Å². The maximum atomic E-state index is 4.50. The Hall–Kier alpha value is -3.50. The van der Waals surface area contributed by atoms with Crippen LogP contribution < -0.4 is 11.5 Å². The second kappa shape index (κ2) is 18.0. The summed E-state index contributed by atoms with van der Waals surface area (Å²) < 4.78 is 0. The molecule has 0 radical (unpaired) electrons. The number of rotatable bonds is 2. The van der Waals surface area contributed by atoms with Crippen LogP contribution in [0, 0.1) is 34.6 Å². The van der Waals surface area contributed by atoms with Gasteiger partial charge in [-0.25, -0.2) is 0 Å². The highest BCUT2D eigenvalue weighted by Gasteiger charge is 2.08. The van der Waals surface area contributed by atoms with Gasteiger partial charge in [0.15, 0.2) is 0 Å². The molecular formula is C37H51N3. The molecule has 0 aliphatic rings. The van der Waals surface area contributed by atoms with Gasteiger partial charge in [-0.3, -0.25) is 0 Å². The molecule has 5 aromatic rings. The van der Waals surface area contributed by atoms with Crippen LogP contribution in [0.2, 0.25) is 0 Å². The van der Waals surface area contributed by atoms with Crippen molar-refractivity contribution in [3.05, 3.63) is 130 Å². The average Bonchev–Trinajstić information content (AvgIpc) is 2.96. The number of hydrogen-bond donors (Lipinski definition) is 2. The molecule has 0 spiro atoms. The Labute approximate surface area is 243 Å². The van der Waals surface area contributed by atoms with Gasteiger partial charge in [-0.15, -0.1) is 0 Å². The molecule has 3 nitrogen and oxygen atoms in total. The maximum Gasteiger partial charge on any atom is 0.0316 e. The van der Waals surface area contributed by atoms with Crippen LogP contribution in [-0.4, -0.2) is 33.1 Å². The number of benzene rings is 5. The van der Waals surface area contributed by atoms with Gasteiger partial charge in [-0.1, -0.05) is 97.1 Å². The van der Waals surface area contributed by atoms with Crippen molar-refractivity contribution in [2.45, 2.75) is 47.6 Å². The first-order chi connectivity index (χ1) is 19.2. The van der Waals surface area contributed by atoms with Crippen molar-refractivity contribution in [1.29, 1.82) is 0 Å². The molecule has 0 amide bonds. The summed E-state index contributed by atoms with van der Waals surface area (Å²) in [7, 11) is 7.22. The van der Waals surface area contributed by atoms with Gasteiger partial charge in [-0.05, 0) is 125 Å². The van der Waals surface area contributed by atoms with Gasteiger partial charge in [0.2, 0.25) is 0 Å². The lowest BCUT2D eigenvalue weighted by Crippen LogP contribution is -2.17. The lowest BCUT2D eigenvalue weighted by atomic mass is 10.0. The smallest absolute Gasteiger partial charge is 0.0316 e. The van der Waals surface area contributed by atoms with Crippen molar-refractivity contribution in [2.75, 3.05) is 28.2 Å². The van der Waals surface area contributed by atoms with E-state index in [1.807, 2.05) is 0 Å². The van der Waals surface area contributed by atoms with Crippen LogP contribution in [0.5, 0.6) is 0 Å². The van der Waals surface area contributed by atoms with Gasteiger partial charge in [0.1, 0.15) is 0 Å². The summed E-state index contributed by atoms with van der Waals surface area (Å²) in [5.41, 5.74) is 17.3. The highest BCUT2D eigenvalue weighted by atomic mass is 15.1. The molecule has 0 saturated carbocycles. The Morgan fingerprint density at radius 1 is 0.450 bits per heavy atom. The lowest BCUT2D eigenvalue weighted by molar-refractivity contribution is 0.320. The van der Waals surface area contributed by atoms with Crippen molar-refractivity contribution in [3.63, 3.8) is 0 Å². The van der Waals surface area contributed by atoms with Gasteiger partial charge < -0.3 is 16.4 Å². The highest BCUT2D eigenvalue weighted by molar-refractivity contribution is 5.89. The molecule has 0 fully saturated rings. The third-order valence-electron chi connectivity index (χ3n) is 7.06. The first-order valence-corrected chi connectivity index (χ1v) is 14.0. The SMILES string of the molecule is CN.CN.Cc1cccc2cccc(C)c12.Cc1cccc2cccc(C)c12.Cc1ccccc1[C@@H](C)N(C)C. The molecule has 0 unspecified atom stereocenters. The summed E-state index contributed by atoms with van der Waals surface area (Å²) >= 11 is 0. The van der Waals surface area contributed by atoms with E-state index in [-0.39, 0.29) is 0 Å². The zero-order valence-electron chi connectivity index (χ0n) is 26.4. The van der Waals surface area contributed by atoms with Crippen molar-refractivity contribution in [2.24, 2.45) is 11.5 Å². The van der Waals surface area contributed by atoms with E-state index < -0.39 is 0 Å².